The third-order valence-corrected chi connectivity index (χ3v) is 5.90. The molecule has 0 saturated carbocycles. The van der Waals surface area contributed by atoms with Gasteiger partial charge in [0.05, 0.1) is 5.52 Å². The van der Waals surface area contributed by atoms with Gasteiger partial charge in [-0.3, -0.25) is 0 Å². The number of benzene rings is 2. The third kappa shape index (κ3) is 3.62. The van der Waals surface area contributed by atoms with E-state index >= 15 is 0 Å². The predicted molar refractivity (Wildman–Crippen MR) is 126 cm³/mol. The summed E-state index contributed by atoms with van der Waals surface area (Å²) in [5.74, 6) is 1.60. The molecule has 2 aromatic carbocycles. The van der Waals surface area contributed by atoms with Crippen molar-refractivity contribution in [1.29, 1.82) is 0 Å². The molecule has 0 aliphatic carbocycles. The van der Waals surface area contributed by atoms with Crippen molar-refractivity contribution in [2.24, 2.45) is 0 Å². The smallest absolute Gasteiger partial charge is 0.317 e. The summed E-state index contributed by atoms with van der Waals surface area (Å²) in [6, 6.07) is 16.3. The first-order valence-electron chi connectivity index (χ1n) is 11.1. The summed E-state index contributed by atoms with van der Waals surface area (Å²) < 4.78 is 2.07. The fourth-order valence-electron chi connectivity index (χ4n) is 4.33. The van der Waals surface area contributed by atoms with Gasteiger partial charge in [-0.1, -0.05) is 35.9 Å². The van der Waals surface area contributed by atoms with Crippen LogP contribution >= 0.6 is 0 Å². The normalized spacial score (nSPS) is 14.7. The van der Waals surface area contributed by atoms with Crippen molar-refractivity contribution in [3.63, 3.8) is 0 Å². The second kappa shape index (κ2) is 8.45. The summed E-state index contributed by atoms with van der Waals surface area (Å²) in [7, 11) is 0. The number of nitrogens with zero attached hydrogens (tertiary/aromatic N) is 6. The van der Waals surface area contributed by atoms with Gasteiger partial charge in [0, 0.05) is 43.7 Å². The van der Waals surface area contributed by atoms with E-state index in [1.807, 2.05) is 42.2 Å². The van der Waals surface area contributed by atoms with Crippen LogP contribution in [0.3, 0.4) is 0 Å². The Morgan fingerprint density at radius 3 is 2.75 bits per heavy atom. The number of hydrogen-bond acceptors (Lipinski definition) is 5. The van der Waals surface area contributed by atoms with Crippen molar-refractivity contribution in [2.75, 3.05) is 37.6 Å². The van der Waals surface area contributed by atoms with E-state index in [2.05, 4.69) is 49.9 Å². The van der Waals surface area contributed by atoms with Gasteiger partial charge in [-0.15, -0.1) is 10.2 Å². The highest BCUT2D eigenvalue weighted by molar-refractivity contribution is 5.93. The molecule has 0 spiro atoms. The average molecular weight is 430 g/mol. The van der Waals surface area contributed by atoms with Gasteiger partial charge in [0.25, 0.3) is 0 Å². The first-order valence-corrected chi connectivity index (χ1v) is 11.1. The molecule has 8 heteroatoms. The molecule has 1 aliphatic heterocycles. The zero-order valence-electron chi connectivity index (χ0n) is 18.5. The van der Waals surface area contributed by atoms with Gasteiger partial charge in [0.15, 0.2) is 11.5 Å². The maximum atomic E-state index is 12.4. The quantitative estimate of drug-likeness (QED) is 0.539. The molecule has 4 aromatic rings. The highest BCUT2D eigenvalue weighted by atomic mass is 16.2. The molecule has 0 bridgehead atoms. The Morgan fingerprint density at radius 1 is 1.03 bits per heavy atom. The molecule has 8 nitrogen and oxygen atoms in total. The maximum Gasteiger partial charge on any atom is 0.317 e. The van der Waals surface area contributed by atoms with Crippen LogP contribution in [-0.2, 0) is 0 Å². The Balaban J connectivity index is 1.63. The van der Waals surface area contributed by atoms with Crippen LogP contribution in [0.1, 0.15) is 18.9 Å². The van der Waals surface area contributed by atoms with Gasteiger partial charge in [0.2, 0.25) is 5.95 Å². The van der Waals surface area contributed by atoms with Gasteiger partial charge < -0.3 is 15.1 Å². The summed E-state index contributed by atoms with van der Waals surface area (Å²) in [6.07, 6.45) is 0.870. The number of aryl methyl sites for hydroxylation is 1. The molecule has 1 N–H and O–H groups in total. The predicted octanol–water partition coefficient (Wildman–Crippen LogP) is 3.49. The Labute approximate surface area is 186 Å². The Morgan fingerprint density at radius 2 is 1.91 bits per heavy atom. The van der Waals surface area contributed by atoms with Crippen LogP contribution in [0.2, 0.25) is 0 Å². The van der Waals surface area contributed by atoms with Crippen LogP contribution in [0, 0.1) is 6.92 Å². The lowest BCUT2D eigenvalue weighted by Crippen LogP contribution is -2.42. The van der Waals surface area contributed by atoms with E-state index in [-0.39, 0.29) is 6.03 Å². The molecule has 1 aliphatic rings. The molecule has 3 heterocycles. The topological polar surface area (TPSA) is 78.7 Å². The van der Waals surface area contributed by atoms with Crippen molar-refractivity contribution < 1.29 is 4.79 Å². The molecule has 32 heavy (non-hydrogen) atoms. The number of para-hydroxylation sites is 1. The minimum atomic E-state index is -0.00397. The Bertz CT molecular complexity index is 1280. The van der Waals surface area contributed by atoms with Crippen molar-refractivity contribution in [3.05, 3.63) is 54.1 Å². The van der Waals surface area contributed by atoms with Crippen LogP contribution < -0.4 is 10.2 Å². The molecule has 0 atom stereocenters. The number of nitrogens with one attached hydrogen (secondary N) is 1. The van der Waals surface area contributed by atoms with Crippen LogP contribution in [0.25, 0.3) is 27.9 Å². The minimum Gasteiger partial charge on any atom is -0.340 e. The van der Waals surface area contributed by atoms with Crippen LogP contribution in [0.15, 0.2) is 48.5 Å². The van der Waals surface area contributed by atoms with Gasteiger partial charge in [-0.25, -0.2) is 14.2 Å². The van der Waals surface area contributed by atoms with Crippen LogP contribution in [0.4, 0.5) is 10.7 Å². The monoisotopic (exact) mass is 429 g/mol. The van der Waals surface area contributed by atoms with Crippen molar-refractivity contribution in [3.8, 4) is 11.4 Å². The molecule has 0 radical (unpaired) electrons. The molecule has 1 fully saturated rings. The number of carbonyl (C=O) groups is 1. The van der Waals surface area contributed by atoms with Crippen LogP contribution in [0.5, 0.6) is 0 Å². The Hall–Kier alpha value is -3.68. The van der Waals surface area contributed by atoms with Gasteiger partial charge in [-0.05, 0) is 38.5 Å². The number of hydrogen-bond donors (Lipinski definition) is 1. The number of rotatable bonds is 3. The molecule has 164 valence electrons. The number of aromatic nitrogens is 4. The number of fused-ring (bicyclic) bond motifs is 3. The van der Waals surface area contributed by atoms with E-state index in [1.54, 1.807) is 0 Å². The van der Waals surface area contributed by atoms with Gasteiger partial charge in [-0.2, -0.15) is 0 Å². The third-order valence-electron chi connectivity index (χ3n) is 5.90. The largest absolute Gasteiger partial charge is 0.340 e. The number of carbonyl (C=O) groups excluding carboxylic acids is 1. The van der Waals surface area contributed by atoms with Crippen molar-refractivity contribution in [1.82, 2.24) is 29.8 Å². The molecule has 2 amide bonds. The first-order chi connectivity index (χ1) is 15.7. The van der Waals surface area contributed by atoms with Gasteiger partial charge in [0.1, 0.15) is 0 Å². The average Bonchev–Trinajstić information content (AvgIpc) is 3.10. The summed E-state index contributed by atoms with van der Waals surface area (Å²) in [6.45, 7) is 7.52. The minimum absolute atomic E-state index is 0.00397. The van der Waals surface area contributed by atoms with Crippen LogP contribution in [-0.4, -0.2) is 63.2 Å². The Kier molecular flexibility index (Phi) is 5.34. The molecular weight excluding hydrogens is 402 g/mol. The van der Waals surface area contributed by atoms with E-state index in [1.165, 1.54) is 5.56 Å². The lowest BCUT2D eigenvalue weighted by Gasteiger charge is -2.24. The molecule has 5 rings (SSSR count). The fraction of sp³-hybridized carbons (Fsp3) is 0.333. The number of anilines is 1. The first kappa shape index (κ1) is 20.2. The van der Waals surface area contributed by atoms with Crippen molar-refractivity contribution >= 4 is 28.5 Å². The number of amides is 2. The lowest BCUT2D eigenvalue weighted by molar-refractivity contribution is 0.202. The standard InChI is InChI=1S/C24H27N7O/c1-3-25-24(32)30-13-7-12-29(14-15-30)23-26-20-11-5-4-10-19(20)22-28-27-21(31(22)23)18-9-6-8-17(2)16-18/h4-6,8-11,16H,3,7,12-15H2,1-2H3,(H,25,32). The molecule has 1 saturated heterocycles. The number of urea groups is 1. The molecule has 0 unspecified atom stereocenters. The van der Waals surface area contributed by atoms with E-state index in [0.29, 0.717) is 19.6 Å². The summed E-state index contributed by atoms with van der Waals surface area (Å²) in [5, 5.41) is 13.0. The van der Waals surface area contributed by atoms with E-state index < -0.39 is 0 Å². The SMILES string of the molecule is CCNC(=O)N1CCCN(c2nc3ccccc3c3nnc(-c4cccc(C)c4)n23)CC1. The zero-order valence-corrected chi connectivity index (χ0v) is 18.5. The van der Waals surface area contributed by atoms with E-state index in [9.17, 15) is 4.79 Å². The van der Waals surface area contributed by atoms with E-state index in [0.717, 1.165) is 53.4 Å². The molecular formula is C24H27N7O. The highest BCUT2D eigenvalue weighted by Crippen LogP contribution is 2.29. The van der Waals surface area contributed by atoms with Gasteiger partial charge >= 0.3 is 6.03 Å². The van der Waals surface area contributed by atoms with Crippen molar-refractivity contribution in [2.45, 2.75) is 20.3 Å². The maximum absolute atomic E-state index is 12.4. The summed E-state index contributed by atoms with van der Waals surface area (Å²) in [5.41, 5.74) is 3.87. The summed E-state index contributed by atoms with van der Waals surface area (Å²) in [4.78, 5) is 21.5. The highest BCUT2D eigenvalue weighted by Gasteiger charge is 2.24. The second-order valence-corrected chi connectivity index (χ2v) is 8.14. The zero-order chi connectivity index (χ0) is 22.1. The second-order valence-electron chi connectivity index (χ2n) is 8.14. The fourth-order valence-corrected chi connectivity index (χ4v) is 4.33. The van der Waals surface area contributed by atoms with E-state index in [4.69, 9.17) is 4.98 Å². The summed E-state index contributed by atoms with van der Waals surface area (Å²) >= 11 is 0. The molecule has 2 aromatic heterocycles. The lowest BCUT2D eigenvalue weighted by atomic mass is 10.1.